The zero-order valence-electron chi connectivity index (χ0n) is 12.1. The van der Waals surface area contributed by atoms with E-state index < -0.39 is 18.1 Å². The molecule has 2 atom stereocenters. The van der Waals surface area contributed by atoms with E-state index in [0.29, 0.717) is 6.42 Å². The maximum Gasteiger partial charge on any atom is 0.324 e. The number of rotatable bonds is 11. The molecule has 19 heavy (non-hydrogen) atoms. The molecule has 0 aliphatic carbocycles. The molecular weight excluding hydrogens is 246 g/mol. The first kappa shape index (κ1) is 17.9. The molecule has 0 bridgehead atoms. The van der Waals surface area contributed by atoms with Crippen LogP contribution in [0.4, 0.5) is 0 Å². The van der Waals surface area contributed by atoms with Crippen molar-refractivity contribution in [3.8, 4) is 0 Å². The Bertz CT molecular complexity index is 268. The fraction of sp³-hybridized carbons (Fsp3) is 0.857. The predicted molar refractivity (Wildman–Crippen MR) is 73.8 cm³/mol. The van der Waals surface area contributed by atoms with E-state index in [1.54, 1.807) is 0 Å². The van der Waals surface area contributed by atoms with E-state index in [9.17, 15) is 9.59 Å². The minimum Gasteiger partial charge on any atom is -0.480 e. The second-order valence-corrected chi connectivity index (χ2v) is 4.93. The van der Waals surface area contributed by atoms with Crippen molar-refractivity contribution in [2.24, 2.45) is 5.73 Å². The van der Waals surface area contributed by atoms with Crippen molar-refractivity contribution in [2.75, 3.05) is 0 Å². The molecule has 0 rings (SSSR count). The lowest BCUT2D eigenvalue weighted by atomic mass is 10.1. The number of hydrogen-bond acceptors (Lipinski definition) is 4. The van der Waals surface area contributed by atoms with Gasteiger partial charge < -0.3 is 15.6 Å². The molecule has 0 saturated carbocycles. The number of hydrogen-bond donors (Lipinski definition) is 2. The van der Waals surface area contributed by atoms with Crippen molar-refractivity contribution in [1.82, 2.24) is 0 Å². The Hall–Kier alpha value is -1.10. The van der Waals surface area contributed by atoms with Crippen molar-refractivity contribution < 1.29 is 19.4 Å². The van der Waals surface area contributed by atoms with E-state index in [1.807, 2.05) is 0 Å². The molecule has 0 aromatic carbocycles. The van der Waals surface area contributed by atoms with Gasteiger partial charge in [0.2, 0.25) is 0 Å². The van der Waals surface area contributed by atoms with Crippen LogP contribution in [0.25, 0.3) is 0 Å². The van der Waals surface area contributed by atoms with Crippen LogP contribution in [0, 0.1) is 0 Å². The van der Waals surface area contributed by atoms with Gasteiger partial charge in [0.1, 0.15) is 12.1 Å². The van der Waals surface area contributed by atoms with Crippen LogP contribution in [0.1, 0.15) is 65.2 Å². The first-order valence-electron chi connectivity index (χ1n) is 7.17. The summed E-state index contributed by atoms with van der Waals surface area (Å²) < 4.78 is 4.97. The van der Waals surface area contributed by atoms with Crippen LogP contribution in [-0.4, -0.2) is 29.2 Å². The van der Waals surface area contributed by atoms with Crippen LogP contribution >= 0.6 is 0 Å². The summed E-state index contributed by atoms with van der Waals surface area (Å²) >= 11 is 0. The van der Waals surface area contributed by atoms with Gasteiger partial charge in [0.05, 0.1) is 0 Å². The Morgan fingerprint density at radius 3 is 2.16 bits per heavy atom. The lowest BCUT2D eigenvalue weighted by Crippen LogP contribution is -2.42. The van der Waals surface area contributed by atoms with Gasteiger partial charge >= 0.3 is 11.9 Å². The van der Waals surface area contributed by atoms with Gasteiger partial charge in [-0.1, -0.05) is 45.4 Å². The lowest BCUT2D eigenvalue weighted by Gasteiger charge is -2.16. The fourth-order valence-corrected chi connectivity index (χ4v) is 1.77. The van der Waals surface area contributed by atoms with E-state index >= 15 is 0 Å². The van der Waals surface area contributed by atoms with E-state index in [2.05, 4.69) is 6.92 Å². The SMILES string of the molecule is CCCCCCCCCC(=O)OC(C)[C@H](N)C(=O)O. The van der Waals surface area contributed by atoms with Gasteiger partial charge in [-0.15, -0.1) is 0 Å². The van der Waals surface area contributed by atoms with E-state index in [-0.39, 0.29) is 5.97 Å². The van der Waals surface area contributed by atoms with Crippen LogP contribution in [0.2, 0.25) is 0 Å². The zero-order chi connectivity index (χ0) is 14.7. The molecule has 5 nitrogen and oxygen atoms in total. The number of esters is 1. The number of carboxylic acid groups (broad SMARTS) is 1. The second-order valence-electron chi connectivity index (χ2n) is 4.93. The summed E-state index contributed by atoms with van der Waals surface area (Å²) in [6, 6.07) is -1.15. The average molecular weight is 273 g/mol. The first-order chi connectivity index (χ1) is 8.99. The minimum absolute atomic E-state index is 0.338. The molecule has 0 saturated heterocycles. The molecule has 0 spiro atoms. The Morgan fingerprint density at radius 2 is 1.63 bits per heavy atom. The van der Waals surface area contributed by atoms with Gasteiger partial charge in [-0.05, 0) is 13.3 Å². The minimum atomic E-state index is -1.16. The molecule has 0 aliphatic rings. The van der Waals surface area contributed by atoms with E-state index in [4.69, 9.17) is 15.6 Å². The Kier molecular flexibility index (Phi) is 10.2. The van der Waals surface area contributed by atoms with Crippen LogP contribution in [-0.2, 0) is 14.3 Å². The quantitative estimate of drug-likeness (QED) is 0.446. The van der Waals surface area contributed by atoms with E-state index in [0.717, 1.165) is 19.3 Å². The predicted octanol–water partition coefficient (Wildman–Crippen LogP) is 2.47. The lowest BCUT2D eigenvalue weighted by molar-refractivity contribution is -0.153. The van der Waals surface area contributed by atoms with Crippen LogP contribution in [0.5, 0.6) is 0 Å². The largest absolute Gasteiger partial charge is 0.480 e. The fourth-order valence-electron chi connectivity index (χ4n) is 1.77. The number of ether oxygens (including phenoxy) is 1. The Morgan fingerprint density at radius 1 is 1.11 bits per heavy atom. The Balaban J connectivity index is 3.56. The molecule has 112 valence electrons. The molecule has 0 radical (unpaired) electrons. The number of carbonyl (C=O) groups excluding carboxylic acids is 1. The topological polar surface area (TPSA) is 89.6 Å². The zero-order valence-corrected chi connectivity index (χ0v) is 12.1. The number of carbonyl (C=O) groups is 2. The smallest absolute Gasteiger partial charge is 0.324 e. The van der Waals surface area contributed by atoms with Gasteiger partial charge in [0.15, 0.2) is 0 Å². The summed E-state index contributed by atoms with van der Waals surface area (Å²) in [6.45, 7) is 3.68. The number of unbranched alkanes of at least 4 members (excludes halogenated alkanes) is 6. The van der Waals surface area contributed by atoms with Gasteiger partial charge in [-0.2, -0.15) is 0 Å². The highest BCUT2D eigenvalue weighted by Crippen LogP contribution is 2.09. The summed E-state index contributed by atoms with van der Waals surface area (Å²) in [5.41, 5.74) is 5.35. The van der Waals surface area contributed by atoms with Gasteiger partial charge in [-0.3, -0.25) is 9.59 Å². The highest BCUT2D eigenvalue weighted by atomic mass is 16.5. The van der Waals surface area contributed by atoms with E-state index in [1.165, 1.54) is 32.6 Å². The normalized spacial score (nSPS) is 13.8. The van der Waals surface area contributed by atoms with Gasteiger partial charge in [0.25, 0.3) is 0 Å². The molecule has 0 aromatic rings. The van der Waals surface area contributed by atoms with Crippen molar-refractivity contribution in [3.05, 3.63) is 0 Å². The maximum atomic E-state index is 11.4. The molecule has 1 unspecified atom stereocenters. The number of carboxylic acids is 1. The second kappa shape index (κ2) is 10.8. The molecule has 0 fully saturated rings. The number of aliphatic carboxylic acids is 1. The summed E-state index contributed by atoms with van der Waals surface area (Å²) in [5, 5.41) is 8.67. The van der Waals surface area contributed by atoms with Crippen LogP contribution in [0.15, 0.2) is 0 Å². The highest BCUT2D eigenvalue weighted by molar-refractivity contribution is 5.75. The van der Waals surface area contributed by atoms with Crippen molar-refractivity contribution in [3.63, 3.8) is 0 Å². The van der Waals surface area contributed by atoms with Crippen LogP contribution in [0.3, 0.4) is 0 Å². The third-order valence-corrected chi connectivity index (χ3v) is 3.09. The highest BCUT2D eigenvalue weighted by Gasteiger charge is 2.23. The Labute approximate surface area is 115 Å². The molecule has 0 aromatic heterocycles. The molecule has 5 heteroatoms. The molecule has 0 amide bonds. The maximum absolute atomic E-state index is 11.4. The third-order valence-electron chi connectivity index (χ3n) is 3.09. The standard InChI is InChI=1S/C14H27NO4/c1-3-4-5-6-7-8-9-10-12(16)19-11(2)13(15)14(17)18/h11,13H,3-10,15H2,1-2H3,(H,17,18)/t11?,13-/m0/s1. The van der Waals surface area contributed by atoms with Crippen LogP contribution < -0.4 is 5.73 Å². The summed E-state index contributed by atoms with van der Waals surface area (Å²) in [7, 11) is 0. The number of nitrogens with two attached hydrogens (primary N) is 1. The summed E-state index contributed by atoms with van der Waals surface area (Å²) in [4.78, 5) is 22.0. The van der Waals surface area contributed by atoms with Gasteiger partial charge in [-0.25, -0.2) is 0 Å². The third kappa shape index (κ3) is 9.47. The molecular formula is C14H27NO4. The molecule has 0 aliphatic heterocycles. The van der Waals surface area contributed by atoms with Crippen molar-refractivity contribution in [1.29, 1.82) is 0 Å². The molecule has 0 heterocycles. The summed E-state index contributed by atoms with van der Waals surface area (Å²) in [5.74, 6) is -1.52. The van der Waals surface area contributed by atoms with Crippen molar-refractivity contribution in [2.45, 2.75) is 77.4 Å². The van der Waals surface area contributed by atoms with Crippen molar-refractivity contribution >= 4 is 11.9 Å². The molecule has 3 N–H and O–H groups in total. The monoisotopic (exact) mass is 273 g/mol. The average Bonchev–Trinajstić information content (AvgIpc) is 2.36. The summed E-state index contributed by atoms with van der Waals surface area (Å²) in [6.07, 6.45) is 7.46. The first-order valence-corrected chi connectivity index (χ1v) is 7.17. The van der Waals surface area contributed by atoms with Gasteiger partial charge in [0, 0.05) is 6.42 Å².